The molecule has 1 aromatic carbocycles. The number of carbonyl (C=O) groups is 8. The van der Waals surface area contributed by atoms with Gasteiger partial charge in [-0.05, 0) is 151 Å². The van der Waals surface area contributed by atoms with Crippen molar-refractivity contribution in [1.82, 2.24) is 51.7 Å². The molecule has 6 aliphatic rings. The van der Waals surface area contributed by atoms with Crippen LogP contribution in [0.4, 0.5) is 14.5 Å². The predicted molar refractivity (Wildman–Crippen MR) is 347 cm³/mol. The Kier molecular flexibility index (Phi) is 26.8. The van der Waals surface area contributed by atoms with Crippen molar-refractivity contribution >= 4 is 63.8 Å². The number of benzene rings is 1. The molecule has 0 spiro atoms. The zero-order chi connectivity index (χ0) is 67.3. The molecular weight excluding hydrogens is 1230 g/mol. The Labute approximate surface area is 555 Å². The van der Waals surface area contributed by atoms with E-state index in [1.54, 1.807) is 42.5 Å². The van der Waals surface area contributed by atoms with E-state index in [-0.39, 0.29) is 102 Å². The van der Waals surface area contributed by atoms with Gasteiger partial charge in [-0.25, -0.2) is 8.78 Å². The summed E-state index contributed by atoms with van der Waals surface area (Å²) in [5.41, 5.74) is 2.37. The third-order valence-electron chi connectivity index (χ3n) is 19.7. The fourth-order valence-corrected chi connectivity index (χ4v) is 14.2. The van der Waals surface area contributed by atoms with E-state index in [1.807, 2.05) is 30.1 Å². The standard InChI is InChI=1S/C69H96F2N12O12/c1-81(50-17-26-59-57(38-50)56(27-29-74-59)67(90)78-43-63(87)83-44-69(70,71)40-51(83)41-72)33-30-75-65(88)45-9-13-48(14-10-45)79-60(84)7-4-34-92-52-18-22-54(23-19-52)94-36-31-76-66(89)46-11-15-49(16-12-46)80-61(85)8-5-35-93-53-20-24-55(25-21-53)95-37-32-77-68(91)58-39-62(86)82(2)64(58)47-6-3-28-73-42-47/h3,6,17,26-29,38,42,45-46,48-49,51-55,58,64H,4-5,7-16,18-25,30-37,39-40,43-44H2,1-2H3,(H,75,88)(H,76,89)(H,77,91)(H,78,90)(H,79,84)(H,80,85)/t45?,46?,48?,49?,51-,52?,53?,54?,55?,58+,64-/m1/s1. The highest BCUT2D eigenvalue weighted by molar-refractivity contribution is 6.07. The van der Waals surface area contributed by atoms with E-state index in [9.17, 15) is 52.4 Å². The molecule has 0 unspecified atom stereocenters. The van der Waals surface area contributed by atoms with Crippen LogP contribution in [0.15, 0.2) is 55.0 Å². The summed E-state index contributed by atoms with van der Waals surface area (Å²) in [5, 5.41) is 27.7. The van der Waals surface area contributed by atoms with Crippen molar-refractivity contribution in [2.45, 2.75) is 196 Å². The number of alkyl halides is 2. The molecule has 4 aliphatic carbocycles. The maximum atomic E-state index is 13.9. The van der Waals surface area contributed by atoms with E-state index in [1.165, 1.54) is 12.3 Å². The van der Waals surface area contributed by atoms with Crippen LogP contribution < -0.4 is 36.8 Å². The van der Waals surface area contributed by atoms with Crippen LogP contribution in [0.2, 0.25) is 0 Å². The van der Waals surface area contributed by atoms with E-state index in [4.69, 9.17) is 18.9 Å². The normalized spacial score (nSPS) is 25.8. The van der Waals surface area contributed by atoms with Gasteiger partial charge in [0.05, 0.1) is 79.8 Å². The van der Waals surface area contributed by atoms with E-state index < -0.39 is 49.2 Å². The summed E-state index contributed by atoms with van der Waals surface area (Å²) in [7, 11) is 3.59. The second kappa shape index (κ2) is 35.5. The van der Waals surface area contributed by atoms with Gasteiger partial charge < -0.3 is 65.5 Å². The third-order valence-corrected chi connectivity index (χ3v) is 19.7. The Morgan fingerprint density at radius 3 is 1.75 bits per heavy atom. The molecule has 0 radical (unpaired) electrons. The van der Waals surface area contributed by atoms with Crippen LogP contribution in [-0.4, -0.2) is 195 Å². The zero-order valence-corrected chi connectivity index (χ0v) is 55.0. The Morgan fingerprint density at radius 2 is 1.21 bits per heavy atom. The quantitative estimate of drug-likeness (QED) is 0.0420. The molecule has 24 nitrogen and oxygen atoms in total. The molecule has 2 aromatic heterocycles. The number of aromatic nitrogens is 2. The average molecular weight is 1320 g/mol. The van der Waals surface area contributed by atoms with Gasteiger partial charge in [0.25, 0.3) is 11.8 Å². The molecule has 4 saturated carbocycles. The molecule has 26 heteroatoms. The van der Waals surface area contributed by atoms with E-state index in [0.29, 0.717) is 115 Å². The summed E-state index contributed by atoms with van der Waals surface area (Å²) < 4.78 is 52.3. The van der Waals surface area contributed by atoms with Gasteiger partial charge in [-0.3, -0.25) is 48.3 Å². The molecule has 3 aromatic rings. The molecule has 95 heavy (non-hydrogen) atoms. The molecule has 8 amide bonds. The molecule has 2 aliphatic heterocycles. The molecule has 0 bridgehead atoms. The number of amides is 8. The van der Waals surface area contributed by atoms with Crippen LogP contribution >= 0.6 is 0 Å². The molecule has 6 fully saturated rings. The number of nitrogens with one attached hydrogen (secondary N) is 6. The van der Waals surface area contributed by atoms with Crippen molar-refractivity contribution in [1.29, 1.82) is 5.26 Å². The van der Waals surface area contributed by atoms with Crippen LogP contribution in [0.3, 0.4) is 0 Å². The highest BCUT2D eigenvalue weighted by Gasteiger charge is 2.47. The maximum Gasteiger partial charge on any atom is 0.268 e. The summed E-state index contributed by atoms with van der Waals surface area (Å²) in [5.74, 6) is -5.45. The number of rotatable bonds is 31. The second-order valence-corrected chi connectivity index (χ2v) is 26.5. The summed E-state index contributed by atoms with van der Waals surface area (Å²) in [6.07, 6.45) is 19.5. The molecular formula is C69H96F2N12O12. The number of pyridine rings is 2. The van der Waals surface area contributed by atoms with Gasteiger partial charge in [-0.2, -0.15) is 5.26 Å². The Bertz CT molecular complexity index is 3110. The smallest absolute Gasteiger partial charge is 0.268 e. The largest absolute Gasteiger partial charge is 0.378 e. The van der Waals surface area contributed by atoms with Gasteiger partial charge in [-0.15, -0.1) is 0 Å². The predicted octanol–water partition coefficient (Wildman–Crippen LogP) is 5.72. The number of carbonyl (C=O) groups excluding carboxylic acids is 8. The van der Waals surface area contributed by atoms with Crippen molar-refractivity contribution < 1.29 is 66.1 Å². The average Bonchev–Trinajstić information content (AvgIpc) is 1.82. The highest BCUT2D eigenvalue weighted by Crippen LogP contribution is 2.37. The Balaban J connectivity index is 0.533. The van der Waals surface area contributed by atoms with Gasteiger partial charge in [0.15, 0.2) is 0 Å². The molecule has 9 rings (SSSR count). The fourth-order valence-electron chi connectivity index (χ4n) is 14.2. The molecule has 3 atom stereocenters. The minimum atomic E-state index is -3.17. The fraction of sp³-hybridized carbons (Fsp3) is 0.667. The number of likely N-dealkylation sites (N-methyl/N-ethyl adjacent to an activating group) is 1. The molecule has 518 valence electrons. The summed E-state index contributed by atoms with van der Waals surface area (Å²) in [4.78, 5) is 116. The van der Waals surface area contributed by atoms with Crippen LogP contribution in [0.1, 0.15) is 163 Å². The van der Waals surface area contributed by atoms with Gasteiger partial charge in [-0.1, -0.05) is 6.07 Å². The van der Waals surface area contributed by atoms with Crippen LogP contribution in [0.5, 0.6) is 0 Å². The first-order valence-electron chi connectivity index (χ1n) is 34.4. The summed E-state index contributed by atoms with van der Waals surface area (Å²) in [6, 6.07) is 10.8. The van der Waals surface area contributed by atoms with Gasteiger partial charge in [0, 0.05) is 133 Å². The zero-order valence-electron chi connectivity index (χ0n) is 55.0. The number of fused-ring (bicyclic) bond motifs is 1. The van der Waals surface area contributed by atoms with Gasteiger partial charge >= 0.3 is 0 Å². The number of hydrogen-bond donors (Lipinski definition) is 6. The first-order chi connectivity index (χ1) is 45.9. The third kappa shape index (κ3) is 21.3. The van der Waals surface area contributed by atoms with Crippen molar-refractivity contribution in [2.75, 3.05) is 84.7 Å². The topological polar surface area (TPSA) is 305 Å². The lowest BCUT2D eigenvalue weighted by Crippen LogP contribution is -2.43. The van der Waals surface area contributed by atoms with Gasteiger partial charge in [0.2, 0.25) is 41.4 Å². The number of nitriles is 1. The van der Waals surface area contributed by atoms with Gasteiger partial charge in [0.1, 0.15) is 6.04 Å². The van der Waals surface area contributed by atoms with Crippen molar-refractivity contribution in [3.05, 3.63) is 66.1 Å². The Morgan fingerprint density at radius 1 is 0.674 bits per heavy atom. The minimum Gasteiger partial charge on any atom is -0.378 e. The number of hydrogen-bond acceptors (Lipinski definition) is 16. The SMILES string of the molecule is CN(CCNC(=O)C1CCC(NC(=O)CCCOC2CCC(OCCNC(=O)C3CCC(NC(=O)CCCOC4CCC(OCCNC(=O)[C@H]5CC(=O)N(C)[C@@H]5c5cccnc5)CC4)CC3)CC2)CC1)c1ccc2nccc(C(=O)NCC(=O)N3CC(F)(F)C[C@@H]3C#N)c2c1. The van der Waals surface area contributed by atoms with Crippen molar-refractivity contribution in [3.8, 4) is 6.07 Å². The van der Waals surface area contributed by atoms with E-state index in [2.05, 4.69) is 41.9 Å². The molecule has 6 N–H and O–H groups in total. The van der Waals surface area contributed by atoms with E-state index in [0.717, 1.165) is 93.2 Å². The van der Waals surface area contributed by atoms with Crippen molar-refractivity contribution in [2.24, 2.45) is 17.8 Å². The lowest BCUT2D eigenvalue weighted by atomic mass is 9.85. The first kappa shape index (κ1) is 71.8. The second-order valence-electron chi connectivity index (χ2n) is 26.5. The molecule has 2 saturated heterocycles. The monoisotopic (exact) mass is 1320 g/mol. The highest BCUT2D eigenvalue weighted by atomic mass is 19.3. The van der Waals surface area contributed by atoms with E-state index >= 15 is 0 Å². The van der Waals surface area contributed by atoms with Crippen LogP contribution in [0, 0.1) is 29.1 Å². The number of halogens is 2. The summed E-state index contributed by atoms with van der Waals surface area (Å²) in [6.45, 7) is 2.10. The number of anilines is 1. The lowest BCUT2D eigenvalue weighted by molar-refractivity contribution is -0.131. The van der Waals surface area contributed by atoms with Crippen LogP contribution in [-0.2, 0) is 52.5 Å². The number of ether oxygens (including phenoxy) is 4. The first-order valence-corrected chi connectivity index (χ1v) is 34.4. The van der Waals surface area contributed by atoms with Crippen molar-refractivity contribution in [3.63, 3.8) is 0 Å². The molecule has 4 heterocycles. The number of nitrogens with zero attached hydrogens (tertiary/aromatic N) is 6. The number of likely N-dealkylation sites (tertiary alicyclic amines) is 2. The lowest BCUT2D eigenvalue weighted by Gasteiger charge is -2.30. The van der Waals surface area contributed by atoms with Crippen LogP contribution in [0.25, 0.3) is 10.9 Å². The minimum absolute atomic E-state index is 0.0143. The Hall–Kier alpha value is -7.47. The summed E-state index contributed by atoms with van der Waals surface area (Å²) >= 11 is 0. The maximum absolute atomic E-state index is 13.9.